The summed E-state index contributed by atoms with van der Waals surface area (Å²) in [5.74, 6) is -0.582. The zero-order valence-electron chi connectivity index (χ0n) is 10.4. The first kappa shape index (κ1) is 15.9. The van der Waals surface area contributed by atoms with Crippen LogP contribution in [0.5, 0.6) is 0 Å². The van der Waals surface area contributed by atoms with Crippen molar-refractivity contribution in [2.24, 2.45) is 0 Å². The third-order valence-electron chi connectivity index (χ3n) is 2.20. The van der Waals surface area contributed by atoms with Crippen molar-refractivity contribution in [3.63, 3.8) is 0 Å². The molecule has 1 aromatic heterocycles. The van der Waals surface area contributed by atoms with E-state index in [0.717, 1.165) is 0 Å². The van der Waals surface area contributed by atoms with Crippen molar-refractivity contribution in [3.05, 3.63) is 27.5 Å². The molecule has 1 rings (SSSR count). The van der Waals surface area contributed by atoms with Crippen molar-refractivity contribution in [1.82, 2.24) is 10.3 Å². The van der Waals surface area contributed by atoms with Crippen molar-refractivity contribution in [3.8, 4) is 0 Å². The highest BCUT2D eigenvalue weighted by Crippen LogP contribution is 2.17. The molecular formula is C12H14BrClN2O3. The Morgan fingerprint density at radius 1 is 1.53 bits per heavy atom. The van der Waals surface area contributed by atoms with Crippen LogP contribution in [0.4, 0.5) is 0 Å². The lowest BCUT2D eigenvalue weighted by Gasteiger charge is -2.06. The molecule has 0 atom stereocenters. The Kier molecular flexibility index (Phi) is 6.80. The molecule has 0 aliphatic carbocycles. The van der Waals surface area contributed by atoms with E-state index in [2.05, 4.69) is 26.2 Å². The lowest BCUT2D eigenvalue weighted by molar-refractivity contribution is -0.143. The van der Waals surface area contributed by atoms with Gasteiger partial charge in [-0.3, -0.25) is 9.59 Å². The minimum Gasteiger partial charge on any atom is -0.466 e. The minimum atomic E-state index is -0.317. The molecule has 0 saturated heterocycles. The normalized spacial score (nSPS) is 10.1. The van der Waals surface area contributed by atoms with Gasteiger partial charge < -0.3 is 10.1 Å². The number of nitrogens with one attached hydrogen (secondary N) is 1. The molecule has 0 saturated carbocycles. The van der Waals surface area contributed by atoms with Crippen LogP contribution >= 0.6 is 27.5 Å². The number of nitrogens with zero attached hydrogens (tertiary/aromatic N) is 1. The first-order chi connectivity index (χ1) is 9.04. The Morgan fingerprint density at radius 3 is 2.95 bits per heavy atom. The number of ether oxygens (including phenoxy) is 1. The van der Waals surface area contributed by atoms with E-state index in [1.54, 1.807) is 13.0 Å². The van der Waals surface area contributed by atoms with Crippen molar-refractivity contribution < 1.29 is 14.3 Å². The fourth-order valence-electron chi connectivity index (χ4n) is 1.34. The van der Waals surface area contributed by atoms with Crippen LogP contribution < -0.4 is 5.32 Å². The van der Waals surface area contributed by atoms with Crippen molar-refractivity contribution in [1.29, 1.82) is 0 Å². The van der Waals surface area contributed by atoms with E-state index in [0.29, 0.717) is 29.6 Å². The summed E-state index contributed by atoms with van der Waals surface area (Å²) in [7, 11) is 0. The van der Waals surface area contributed by atoms with E-state index in [9.17, 15) is 9.59 Å². The summed E-state index contributed by atoms with van der Waals surface area (Å²) >= 11 is 9.05. The predicted octanol–water partition coefficient (Wildman–Crippen LogP) is 2.57. The Hall–Kier alpha value is -1.14. The molecule has 0 radical (unpaired) electrons. The number of hydrogen-bond donors (Lipinski definition) is 1. The molecule has 1 heterocycles. The number of hydrogen-bond acceptors (Lipinski definition) is 4. The number of pyridine rings is 1. The molecule has 0 fully saturated rings. The highest BCUT2D eigenvalue weighted by molar-refractivity contribution is 9.10. The molecule has 0 unspecified atom stereocenters. The van der Waals surface area contributed by atoms with Crippen LogP contribution in [0.25, 0.3) is 0 Å². The first-order valence-corrected chi connectivity index (χ1v) is 6.96. The van der Waals surface area contributed by atoms with Crippen LogP contribution in [0.2, 0.25) is 5.15 Å². The summed E-state index contributed by atoms with van der Waals surface area (Å²) in [6, 6.07) is 1.59. The van der Waals surface area contributed by atoms with Crippen LogP contribution in [-0.4, -0.2) is 30.0 Å². The SMILES string of the molecule is CCOC(=O)CCCNC(=O)c1cc(Br)cnc1Cl. The molecule has 104 valence electrons. The third kappa shape index (κ3) is 5.57. The first-order valence-electron chi connectivity index (χ1n) is 5.79. The number of rotatable bonds is 6. The van der Waals surface area contributed by atoms with Gasteiger partial charge in [-0.2, -0.15) is 0 Å². The largest absolute Gasteiger partial charge is 0.466 e. The molecule has 0 spiro atoms. The lowest BCUT2D eigenvalue weighted by atomic mass is 10.2. The van der Waals surface area contributed by atoms with E-state index >= 15 is 0 Å². The molecule has 5 nitrogen and oxygen atoms in total. The number of aromatic nitrogens is 1. The van der Waals surface area contributed by atoms with Gasteiger partial charge in [-0.1, -0.05) is 11.6 Å². The predicted molar refractivity (Wildman–Crippen MR) is 75.1 cm³/mol. The third-order valence-corrected chi connectivity index (χ3v) is 2.93. The van der Waals surface area contributed by atoms with Crippen molar-refractivity contribution in [2.45, 2.75) is 19.8 Å². The quantitative estimate of drug-likeness (QED) is 0.487. The van der Waals surface area contributed by atoms with Gasteiger partial charge in [0.15, 0.2) is 0 Å². The maximum Gasteiger partial charge on any atom is 0.305 e. The molecule has 0 bridgehead atoms. The van der Waals surface area contributed by atoms with Gasteiger partial charge >= 0.3 is 5.97 Å². The Labute approximate surface area is 124 Å². The molecule has 1 amide bonds. The second-order valence-corrected chi connectivity index (χ2v) is 4.93. The minimum absolute atomic E-state index is 0.145. The monoisotopic (exact) mass is 348 g/mol. The lowest BCUT2D eigenvalue weighted by Crippen LogP contribution is -2.25. The van der Waals surface area contributed by atoms with Crippen molar-refractivity contribution >= 4 is 39.4 Å². The van der Waals surface area contributed by atoms with Crippen LogP contribution in [0.15, 0.2) is 16.7 Å². The summed E-state index contributed by atoms with van der Waals surface area (Å²) < 4.78 is 5.45. The van der Waals surface area contributed by atoms with E-state index in [4.69, 9.17) is 16.3 Å². The second-order valence-electron chi connectivity index (χ2n) is 3.66. The number of amides is 1. The van der Waals surface area contributed by atoms with E-state index in [1.807, 2.05) is 0 Å². The molecule has 7 heteroatoms. The zero-order valence-corrected chi connectivity index (χ0v) is 12.8. The van der Waals surface area contributed by atoms with Crippen LogP contribution in [0.1, 0.15) is 30.1 Å². The van der Waals surface area contributed by atoms with E-state index in [1.165, 1.54) is 6.20 Å². The Bertz CT molecular complexity index is 468. The molecule has 0 aromatic carbocycles. The van der Waals surface area contributed by atoms with Crippen LogP contribution in [0, 0.1) is 0 Å². The highest BCUT2D eigenvalue weighted by Gasteiger charge is 2.11. The van der Waals surface area contributed by atoms with Gasteiger partial charge in [0, 0.05) is 23.6 Å². The second kappa shape index (κ2) is 8.12. The molecule has 19 heavy (non-hydrogen) atoms. The van der Waals surface area contributed by atoms with Gasteiger partial charge in [-0.25, -0.2) is 4.98 Å². The smallest absolute Gasteiger partial charge is 0.305 e. The molecule has 1 aromatic rings. The molecular weight excluding hydrogens is 336 g/mol. The highest BCUT2D eigenvalue weighted by atomic mass is 79.9. The number of halogens is 2. The maximum absolute atomic E-state index is 11.8. The van der Waals surface area contributed by atoms with Crippen LogP contribution in [-0.2, 0) is 9.53 Å². The van der Waals surface area contributed by atoms with Gasteiger partial charge in [-0.15, -0.1) is 0 Å². The molecule has 1 N–H and O–H groups in total. The summed E-state index contributed by atoms with van der Waals surface area (Å²) in [4.78, 5) is 26.8. The molecule has 0 aliphatic heterocycles. The molecule has 0 aliphatic rings. The number of carbonyl (C=O) groups excluding carboxylic acids is 2. The average molecular weight is 350 g/mol. The average Bonchev–Trinajstić information content (AvgIpc) is 2.37. The summed E-state index contributed by atoms with van der Waals surface area (Å²) in [5.41, 5.74) is 0.298. The van der Waals surface area contributed by atoms with Crippen LogP contribution in [0.3, 0.4) is 0 Å². The summed E-state index contributed by atoms with van der Waals surface area (Å²) in [6.45, 7) is 2.49. The number of esters is 1. The Morgan fingerprint density at radius 2 is 2.26 bits per heavy atom. The van der Waals surface area contributed by atoms with Gasteiger partial charge in [0.25, 0.3) is 5.91 Å². The standard InChI is InChI=1S/C12H14BrClN2O3/c1-2-19-10(17)4-3-5-15-12(18)9-6-8(13)7-16-11(9)14/h6-7H,2-5H2,1H3,(H,15,18). The summed E-state index contributed by atoms with van der Waals surface area (Å²) in [5, 5.41) is 2.82. The van der Waals surface area contributed by atoms with Gasteiger partial charge in [-0.05, 0) is 35.3 Å². The van der Waals surface area contributed by atoms with Crippen molar-refractivity contribution in [2.75, 3.05) is 13.2 Å². The van der Waals surface area contributed by atoms with E-state index in [-0.39, 0.29) is 23.5 Å². The van der Waals surface area contributed by atoms with Gasteiger partial charge in [0.2, 0.25) is 0 Å². The maximum atomic E-state index is 11.8. The van der Waals surface area contributed by atoms with Gasteiger partial charge in [0.1, 0.15) is 5.15 Å². The zero-order chi connectivity index (χ0) is 14.3. The van der Waals surface area contributed by atoms with E-state index < -0.39 is 0 Å². The topological polar surface area (TPSA) is 68.3 Å². The Balaban J connectivity index is 2.39. The fraction of sp³-hybridized carbons (Fsp3) is 0.417. The fourth-order valence-corrected chi connectivity index (χ4v) is 1.87. The summed E-state index contributed by atoms with van der Waals surface area (Å²) in [6.07, 6.45) is 2.31. The number of carbonyl (C=O) groups is 2. The van der Waals surface area contributed by atoms with Gasteiger partial charge in [0.05, 0.1) is 12.2 Å².